The molecule has 1 amide bonds. The van der Waals surface area contributed by atoms with Crippen LogP contribution in [0.1, 0.15) is 48.2 Å². The van der Waals surface area contributed by atoms with E-state index in [1.54, 1.807) is 19.1 Å². The van der Waals surface area contributed by atoms with Crippen LogP contribution in [0.15, 0.2) is 28.7 Å². The van der Waals surface area contributed by atoms with Crippen LogP contribution >= 0.6 is 11.8 Å². The van der Waals surface area contributed by atoms with Crippen molar-refractivity contribution in [2.24, 2.45) is 0 Å². The van der Waals surface area contributed by atoms with E-state index in [0.29, 0.717) is 37.3 Å². The predicted molar refractivity (Wildman–Crippen MR) is 114 cm³/mol. The molecule has 0 atom stereocenters. The monoisotopic (exact) mass is 405 g/mol. The molecule has 1 heterocycles. The molecule has 1 aromatic carbocycles. The van der Waals surface area contributed by atoms with Crippen LogP contribution in [0.2, 0.25) is 0 Å². The number of rotatable bonds is 10. The van der Waals surface area contributed by atoms with Crippen LogP contribution in [0.3, 0.4) is 0 Å². The Balaban J connectivity index is 1.84. The highest BCUT2D eigenvalue weighted by Crippen LogP contribution is 2.35. The molecule has 0 saturated heterocycles. The van der Waals surface area contributed by atoms with Gasteiger partial charge in [-0.2, -0.15) is 11.8 Å². The molecular weight excluding hydrogens is 374 g/mol. The van der Waals surface area contributed by atoms with Crippen molar-refractivity contribution < 1.29 is 18.7 Å². The Kier molecular flexibility index (Phi) is 8.25. The number of nitrogens with zero attached hydrogens (tertiary/aromatic N) is 1. The van der Waals surface area contributed by atoms with E-state index < -0.39 is 0 Å². The van der Waals surface area contributed by atoms with Crippen LogP contribution in [0, 0.1) is 0 Å². The quantitative estimate of drug-likeness (QED) is 0.572. The average molecular weight is 406 g/mol. The lowest BCUT2D eigenvalue weighted by atomic mass is 10.0. The van der Waals surface area contributed by atoms with E-state index >= 15 is 0 Å². The number of amides is 1. The Labute approximate surface area is 171 Å². The fourth-order valence-electron chi connectivity index (χ4n) is 3.71. The van der Waals surface area contributed by atoms with E-state index in [0.717, 1.165) is 22.3 Å². The lowest BCUT2D eigenvalue weighted by molar-refractivity contribution is 0.0599. The Morgan fingerprint density at radius 3 is 2.46 bits per heavy atom. The first-order valence-corrected chi connectivity index (χ1v) is 11.2. The van der Waals surface area contributed by atoms with E-state index in [4.69, 9.17) is 13.9 Å². The minimum Gasteiger partial charge on any atom is -0.451 e. The maximum atomic E-state index is 13.3. The molecule has 0 spiro atoms. The third-order valence-electron chi connectivity index (χ3n) is 5.33. The number of ether oxygens (including phenoxy) is 2. The summed E-state index contributed by atoms with van der Waals surface area (Å²) in [6, 6.07) is 7.96. The number of carbonyl (C=O) groups is 1. The normalized spacial score (nSPS) is 15.2. The SMILES string of the molecule is COCCN(CCOC)C(=O)c1oc2ccccc2c1CSC1CCCCC1. The second kappa shape index (κ2) is 10.9. The number of furan rings is 1. The van der Waals surface area contributed by atoms with E-state index in [2.05, 4.69) is 6.07 Å². The Hall–Kier alpha value is -1.50. The molecule has 1 saturated carbocycles. The standard InChI is InChI=1S/C22H31NO4S/c1-25-14-12-23(13-15-26-2)22(24)21-19(16-28-17-8-4-3-5-9-17)18-10-6-7-11-20(18)27-21/h6-7,10-11,17H,3-5,8-9,12-16H2,1-2H3. The van der Waals surface area contributed by atoms with Gasteiger partial charge in [0.1, 0.15) is 5.58 Å². The number of carbonyl (C=O) groups excluding carboxylic acids is 1. The first-order valence-electron chi connectivity index (χ1n) is 10.1. The van der Waals surface area contributed by atoms with E-state index in [9.17, 15) is 4.79 Å². The van der Waals surface area contributed by atoms with Crippen LogP contribution in [0.5, 0.6) is 0 Å². The van der Waals surface area contributed by atoms with Gasteiger partial charge in [0.2, 0.25) is 0 Å². The van der Waals surface area contributed by atoms with Crippen molar-refractivity contribution in [3.8, 4) is 0 Å². The van der Waals surface area contributed by atoms with Crippen LogP contribution in [-0.2, 0) is 15.2 Å². The van der Waals surface area contributed by atoms with Crippen molar-refractivity contribution in [3.05, 3.63) is 35.6 Å². The molecule has 0 N–H and O–H groups in total. The summed E-state index contributed by atoms with van der Waals surface area (Å²) in [5.41, 5.74) is 1.81. The predicted octanol–water partition coefficient (Wildman–Crippen LogP) is 4.73. The molecule has 1 aliphatic rings. The van der Waals surface area contributed by atoms with Gasteiger partial charge in [-0.15, -0.1) is 0 Å². The molecule has 28 heavy (non-hydrogen) atoms. The highest BCUT2D eigenvalue weighted by Gasteiger charge is 2.26. The zero-order chi connectivity index (χ0) is 19.8. The molecule has 0 bridgehead atoms. The van der Waals surface area contributed by atoms with Gasteiger partial charge in [0.05, 0.1) is 13.2 Å². The summed E-state index contributed by atoms with van der Waals surface area (Å²) in [6.07, 6.45) is 6.53. The van der Waals surface area contributed by atoms with Crippen LogP contribution in [-0.4, -0.2) is 56.6 Å². The highest BCUT2D eigenvalue weighted by atomic mass is 32.2. The molecule has 2 aromatic rings. The summed E-state index contributed by atoms with van der Waals surface area (Å²) in [5, 5.41) is 1.73. The first-order chi connectivity index (χ1) is 13.7. The molecule has 1 aromatic heterocycles. The molecule has 1 fully saturated rings. The molecule has 0 unspecified atom stereocenters. The number of hydrogen-bond donors (Lipinski definition) is 0. The molecular formula is C22H31NO4S. The van der Waals surface area contributed by atoms with Gasteiger partial charge in [-0.3, -0.25) is 4.79 Å². The molecule has 3 rings (SSSR count). The number of hydrogen-bond acceptors (Lipinski definition) is 5. The fraction of sp³-hybridized carbons (Fsp3) is 0.591. The van der Waals surface area contributed by atoms with Gasteiger partial charge < -0.3 is 18.8 Å². The summed E-state index contributed by atoms with van der Waals surface area (Å²) >= 11 is 1.97. The minimum absolute atomic E-state index is 0.0791. The van der Waals surface area contributed by atoms with Gasteiger partial charge in [0.15, 0.2) is 5.76 Å². The third kappa shape index (κ3) is 5.31. The average Bonchev–Trinajstić information content (AvgIpc) is 3.11. The number of thioether (sulfide) groups is 1. The topological polar surface area (TPSA) is 51.9 Å². The number of fused-ring (bicyclic) bond motifs is 1. The van der Waals surface area contributed by atoms with Gasteiger partial charge in [0.25, 0.3) is 5.91 Å². The molecule has 6 heteroatoms. The maximum Gasteiger partial charge on any atom is 0.290 e. The van der Waals surface area contributed by atoms with Gasteiger partial charge >= 0.3 is 0 Å². The van der Waals surface area contributed by atoms with Gasteiger partial charge in [-0.05, 0) is 18.9 Å². The fourth-order valence-corrected chi connectivity index (χ4v) is 5.06. The summed E-state index contributed by atoms with van der Waals surface area (Å²) in [5.74, 6) is 1.20. The summed E-state index contributed by atoms with van der Waals surface area (Å²) in [6.45, 7) is 2.01. The number of benzene rings is 1. The molecule has 154 valence electrons. The summed E-state index contributed by atoms with van der Waals surface area (Å²) in [7, 11) is 3.29. The second-order valence-electron chi connectivity index (χ2n) is 7.25. The van der Waals surface area contributed by atoms with Crippen LogP contribution < -0.4 is 0 Å². The molecule has 0 radical (unpaired) electrons. The Morgan fingerprint density at radius 2 is 1.79 bits per heavy atom. The minimum atomic E-state index is -0.0791. The van der Waals surface area contributed by atoms with Crippen molar-refractivity contribution in [1.29, 1.82) is 0 Å². The molecule has 0 aliphatic heterocycles. The zero-order valence-corrected chi connectivity index (χ0v) is 17.8. The van der Waals surface area contributed by atoms with Crippen LogP contribution in [0.4, 0.5) is 0 Å². The number of para-hydroxylation sites is 1. The summed E-state index contributed by atoms with van der Waals surface area (Å²) < 4.78 is 16.4. The summed E-state index contributed by atoms with van der Waals surface area (Å²) in [4.78, 5) is 15.1. The Morgan fingerprint density at radius 1 is 1.11 bits per heavy atom. The third-order valence-corrected chi connectivity index (χ3v) is 6.72. The highest BCUT2D eigenvalue weighted by molar-refractivity contribution is 7.99. The maximum absolute atomic E-state index is 13.3. The lowest BCUT2D eigenvalue weighted by Crippen LogP contribution is -2.36. The molecule has 1 aliphatic carbocycles. The lowest BCUT2D eigenvalue weighted by Gasteiger charge is -2.22. The van der Waals surface area contributed by atoms with E-state index in [-0.39, 0.29) is 5.91 Å². The van der Waals surface area contributed by atoms with Crippen molar-refractivity contribution in [2.45, 2.75) is 43.1 Å². The van der Waals surface area contributed by atoms with Crippen molar-refractivity contribution >= 4 is 28.6 Å². The van der Waals surface area contributed by atoms with Crippen molar-refractivity contribution in [3.63, 3.8) is 0 Å². The van der Waals surface area contributed by atoms with E-state index in [1.165, 1.54) is 32.1 Å². The van der Waals surface area contributed by atoms with E-state index in [1.807, 2.05) is 30.0 Å². The van der Waals surface area contributed by atoms with Gasteiger partial charge in [-0.25, -0.2) is 0 Å². The van der Waals surface area contributed by atoms with Gasteiger partial charge in [-0.1, -0.05) is 37.5 Å². The smallest absolute Gasteiger partial charge is 0.290 e. The van der Waals surface area contributed by atoms with Crippen molar-refractivity contribution in [1.82, 2.24) is 4.90 Å². The van der Waals surface area contributed by atoms with Crippen LogP contribution in [0.25, 0.3) is 11.0 Å². The van der Waals surface area contributed by atoms with Gasteiger partial charge in [0, 0.05) is 49.3 Å². The zero-order valence-electron chi connectivity index (χ0n) is 16.9. The second-order valence-corrected chi connectivity index (χ2v) is 8.54. The largest absolute Gasteiger partial charge is 0.451 e. The Bertz CT molecular complexity index is 746. The first kappa shape index (κ1) is 21.2. The van der Waals surface area contributed by atoms with Crippen molar-refractivity contribution in [2.75, 3.05) is 40.5 Å². The number of methoxy groups -OCH3 is 2. The molecule has 5 nitrogen and oxygen atoms in total.